The van der Waals surface area contributed by atoms with Crippen LogP contribution in [0.1, 0.15) is 19.4 Å². The Morgan fingerprint density at radius 3 is 2.26 bits per heavy atom. The van der Waals surface area contributed by atoms with Gasteiger partial charge >= 0.3 is 16.1 Å². The number of hydrogen-bond acceptors (Lipinski definition) is 5. The number of aryl methyl sites for hydroxylation is 1. The Labute approximate surface area is 134 Å². The highest BCUT2D eigenvalue weighted by Gasteiger charge is 2.26. The highest BCUT2D eigenvalue weighted by atomic mass is 32.2. The quantitative estimate of drug-likeness (QED) is 0.852. The molecule has 2 rings (SSSR count). The van der Waals surface area contributed by atoms with Crippen molar-refractivity contribution in [2.75, 3.05) is 13.1 Å². The van der Waals surface area contributed by atoms with E-state index in [9.17, 15) is 13.2 Å². The van der Waals surface area contributed by atoms with Gasteiger partial charge in [0, 0.05) is 18.7 Å². The van der Waals surface area contributed by atoms with Crippen LogP contribution in [0.3, 0.4) is 0 Å². The van der Waals surface area contributed by atoms with Gasteiger partial charge in [0.2, 0.25) is 0 Å². The zero-order valence-corrected chi connectivity index (χ0v) is 13.9. The molecule has 23 heavy (non-hydrogen) atoms. The Kier molecular flexibility index (Phi) is 4.81. The highest BCUT2D eigenvalue weighted by Crippen LogP contribution is 2.20. The van der Waals surface area contributed by atoms with E-state index in [1.165, 1.54) is 4.90 Å². The average molecular weight is 338 g/mol. The predicted octanol–water partition coefficient (Wildman–Crippen LogP) is 1.81. The highest BCUT2D eigenvalue weighted by molar-refractivity contribution is 7.85. The van der Waals surface area contributed by atoms with Crippen LogP contribution < -0.4 is 0 Å². The first-order valence-corrected chi connectivity index (χ1v) is 8.52. The molecular formula is C14H18N4O4S. The van der Waals surface area contributed by atoms with Gasteiger partial charge in [-0.15, -0.1) is 5.10 Å². The summed E-state index contributed by atoms with van der Waals surface area (Å²) >= 11 is 0. The van der Waals surface area contributed by atoms with Gasteiger partial charge in [0.1, 0.15) is 0 Å². The van der Waals surface area contributed by atoms with Crippen LogP contribution in [0, 0.1) is 6.92 Å². The van der Waals surface area contributed by atoms with Crippen LogP contribution >= 0.6 is 0 Å². The van der Waals surface area contributed by atoms with Crippen molar-refractivity contribution in [2.45, 2.75) is 25.9 Å². The van der Waals surface area contributed by atoms with E-state index < -0.39 is 21.3 Å². The molecule has 9 heteroatoms. The number of hydrogen-bond donors (Lipinski definition) is 1. The van der Waals surface area contributed by atoms with Gasteiger partial charge in [-0.25, -0.2) is 4.79 Å². The number of carbonyl (C=O) groups is 1. The summed E-state index contributed by atoms with van der Waals surface area (Å²) in [7, 11) is -4.61. The van der Waals surface area contributed by atoms with Crippen molar-refractivity contribution in [3.63, 3.8) is 0 Å². The summed E-state index contributed by atoms with van der Waals surface area (Å²) in [5.74, 6) is 0.0644. The maximum atomic E-state index is 12.5. The average Bonchev–Trinajstić information content (AvgIpc) is 2.94. The molecule has 124 valence electrons. The number of carbonyl (C=O) groups excluding carboxylic acids is 1. The van der Waals surface area contributed by atoms with Crippen LogP contribution in [-0.4, -0.2) is 51.8 Å². The minimum atomic E-state index is -4.61. The standard InChI is InChI=1S/C14H18N4O4S/c1-4-17(5-2)14(19)18-12(11-8-6-10(3)7-9-11)15-13(16-18)23(20,21)22/h6-9H,4-5H2,1-3H3,(H,20,21,22). The van der Waals surface area contributed by atoms with E-state index in [4.69, 9.17) is 4.55 Å². The van der Waals surface area contributed by atoms with Crippen LogP contribution in [-0.2, 0) is 10.1 Å². The van der Waals surface area contributed by atoms with Gasteiger partial charge in [0.15, 0.2) is 5.82 Å². The molecular weight excluding hydrogens is 320 g/mol. The summed E-state index contributed by atoms with van der Waals surface area (Å²) in [6.45, 7) is 6.37. The molecule has 0 saturated carbocycles. The number of nitrogens with zero attached hydrogens (tertiary/aromatic N) is 4. The molecule has 8 nitrogen and oxygen atoms in total. The normalized spacial score (nSPS) is 11.5. The molecule has 0 atom stereocenters. The molecule has 1 heterocycles. The third kappa shape index (κ3) is 3.57. The summed E-state index contributed by atoms with van der Waals surface area (Å²) in [5.41, 5.74) is 1.53. The van der Waals surface area contributed by atoms with E-state index in [0.717, 1.165) is 10.2 Å². The molecule has 0 aliphatic carbocycles. The maximum Gasteiger partial charge on any atom is 0.346 e. The molecule has 0 radical (unpaired) electrons. The van der Waals surface area contributed by atoms with Crippen LogP contribution in [0.2, 0.25) is 0 Å². The van der Waals surface area contributed by atoms with Crippen molar-refractivity contribution in [2.24, 2.45) is 0 Å². The Morgan fingerprint density at radius 1 is 1.22 bits per heavy atom. The lowest BCUT2D eigenvalue weighted by atomic mass is 10.1. The molecule has 0 unspecified atom stereocenters. The van der Waals surface area contributed by atoms with Gasteiger partial charge in [-0.2, -0.15) is 18.1 Å². The van der Waals surface area contributed by atoms with Crippen LogP contribution in [0.4, 0.5) is 4.79 Å². The minimum Gasteiger partial charge on any atom is -0.323 e. The molecule has 1 aromatic carbocycles. The van der Waals surface area contributed by atoms with Gasteiger partial charge in [-0.3, -0.25) is 4.55 Å². The molecule has 0 saturated heterocycles. The second-order valence-corrected chi connectivity index (χ2v) is 6.24. The van der Waals surface area contributed by atoms with Crippen molar-refractivity contribution in [1.82, 2.24) is 19.7 Å². The summed E-state index contributed by atoms with van der Waals surface area (Å²) < 4.78 is 32.7. The van der Waals surface area contributed by atoms with Crippen LogP contribution in [0.5, 0.6) is 0 Å². The molecule has 0 aliphatic rings. The van der Waals surface area contributed by atoms with Gasteiger partial charge in [-0.05, 0) is 20.8 Å². The van der Waals surface area contributed by atoms with Crippen molar-refractivity contribution in [3.05, 3.63) is 29.8 Å². The monoisotopic (exact) mass is 338 g/mol. The largest absolute Gasteiger partial charge is 0.346 e. The zero-order valence-electron chi connectivity index (χ0n) is 13.1. The molecule has 0 aliphatic heterocycles. The van der Waals surface area contributed by atoms with Crippen molar-refractivity contribution >= 4 is 16.1 Å². The first-order valence-electron chi connectivity index (χ1n) is 7.08. The fourth-order valence-corrected chi connectivity index (χ4v) is 2.44. The van der Waals surface area contributed by atoms with E-state index in [1.54, 1.807) is 26.0 Å². The SMILES string of the molecule is CCN(CC)C(=O)n1nc(S(=O)(=O)O)nc1-c1ccc(C)cc1. The molecule has 0 bridgehead atoms. The number of amides is 1. The van der Waals surface area contributed by atoms with E-state index in [-0.39, 0.29) is 5.82 Å². The third-order valence-corrected chi connectivity index (χ3v) is 3.98. The molecule has 1 N–H and O–H groups in total. The molecule has 1 aromatic heterocycles. The number of rotatable bonds is 4. The molecule has 1 amide bonds. The fourth-order valence-electron chi connectivity index (χ4n) is 2.05. The van der Waals surface area contributed by atoms with Gasteiger partial charge < -0.3 is 4.90 Å². The molecule has 0 spiro atoms. The van der Waals surface area contributed by atoms with Crippen molar-refractivity contribution < 1.29 is 17.8 Å². The second-order valence-electron chi connectivity index (χ2n) is 4.93. The maximum absolute atomic E-state index is 12.5. The van der Waals surface area contributed by atoms with E-state index in [2.05, 4.69) is 10.1 Å². The molecule has 0 fully saturated rings. The Hall–Kier alpha value is -2.26. The van der Waals surface area contributed by atoms with Gasteiger partial charge in [0.25, 0.3) is 5.16 Å². The van der Waals surface area contributed by atoms with E-state index in [1.807, 2.05) is 19.1 Å². The lowest BCUT2D eigenvalue weighted by molar-refractivity contribution is 0.201. The lowest BCUT2D eigenvalue weighted by Gasteiger charge is -2.18. The second kappa shape index (κ2) is 6.47. The minimum absolute atomic E-state index is 0.0644. The van der Waals surface area contributed by atoms with Gasteiger partial charge in [0.05, 0.1) is 0 Å². The Morgan fingerprint density at radius 2 is 1.78 bits per heavy atom. The number of aromatic nitrogens is 3. The summed E-state index contributed by atoms with van der Waals surface area (Å²) in [5, 5.41) is 2.88. The fraction of sp³-hybridized carbons (Fsp3) is 0.357. The first-order chi connectivity index (χ1) is 10.8. The first kappa shape index (κ1) is 17.1. The predicted molar refractivity (Wildman–Crippen MR) is 83.7 cm³/mol. The smallest absolute Gasteiger partial charge is 0.323 e. The van der Waals surface area contributed by atoms with Crippen molar-refractivity contribution in [1.29, 1.82) is 0 Å². The van der Waals surface area contributed by atoms with Crippen LogP contribution in [0.25, 0.3) is 11.4 Å². The lowest BCUT2D eigenvalue weighted by Crippen LogP contribution is -2.35. The summed E-state index contributed by atoms with van der Waals surface area (Å²) in [6, 6.07) is 6.53. The third-order valence-electron chi connectivity index (χ3n) is 3.34. The van der Waals surface area contributed by atoms with Crippen LogP contribution in [0.15, 0.2) is 29.4 Å². The molecule has 2 aromatic rings. The Balaban J connectivity index is 2.62. The van der Waals surface area contributed by atoms with E-state index in [0.29, 0.717) is 18.7 Å². The van der Waals surface area contributed by atoms with E-state index >= 15 is 0 Å². The Bertz CT molecular complexity index is 808. The zero-order chi connectivity index (χ0) is 17.2. The van der Waals surface area contributed by atoms with Crippen molar-refractivity contribution in [3.8, 4) is 11.4 Å². The number of benzene rings is 1. The summed E-state index contributed by atoms with van der Waals surface area (Å²) in [4.78, 5) is 17.8. The topological polar surface area (TPSA) is 105 Å². The van der Waals surface area contributed by atoms with Gasteiger partial charge in [-0.1, -0.05) is 29.8 Å². The summed E-state index contributed by atoms with van der Waals surface area (Å²) in [6.07, 6.45) is 0.